The van der Waals surface area contributed by atoms with E-state index in [9.17, 15) is 4.79 Å². The lowest BCUT2D eigenvalue weighted by Crippen LogP contribution is -2.39. The fourth-order valence-electron chi connectivity index (χ4n) is 2.25. The highest BCUT2D eigenvalue weighted by Gasteiger charge is 2.20. The number of hydrogen-bond donors (Lipinski definition) is 1. The minimum atomic E-state index is -0.0944. The molecule has 0 aliphatic heterocycles. The smallest absolute Gasteiger partial charge is 0.235 e. The Hall–Kier alpha value is -1.22. The molecule has 1 aliphatic carbocycles. The number of hydrogen-bond acceptors (Lipinski definition) is 2. The molecule has 0 saturated heterocycles. The van der Waals surface area contributed by atoms with Gasteiger partial charge in [0, 0.05) is 6.04 Å². The summed E-state index contributed by atoms with van der Waals surface area (Å²) in [6.45, 7) is 0. The van der Waals surface area contributed by atoms with E-state index in [1.54, 1.807) is 7.11 Å². The normalized spacial score (nSPS) is 18.4. The lowest BCUT2D eigenvalue weighted by Gasteiger charge is -2.25. The predicted molar refractivity (Wildman–Crippen MR) is 67.7 cm³/mol. The van der Waals surface area contributed by atoms with Gasteiger partial charge in [-0.25, -0.2) is 0 Å². The van der Waals surface area contributed by atoms with Gasteiger partial charge >= 0.3 is 0 Å². The maximum absolute atomic E-state index is 11.2. The summed E-state index contributed by atoms with van der Waals surface area (Å²) >= 11 is 5.49. The summed E-state index contributed by atoms with van der Waals surface area (Å²) in [7, 11) is 1.66. The molecule has 0 heterocycles. The average Bonchev–Trinajstić information content (AvgIpc) is 2.37. The highest BCUT2D eigenvalue weighted by atomic mass is 35.5. The van der Waals surface area contributed by atoms with Crippen molar-refractivity contribution < 1.29 is 9.53 Å². The molecule has 0 saturated carbocycles. The Labute approximate surface area is 106 Å². The average molecular weight is 254 g/mol. The number of rotatable bonds is 3. The van der Waals surface area contributed by atoms with Crippen molar-refractivity contribution >= 4 is 17.5 Å². The van der Waals surface area contributed by atoms with Crippen molar-refractivity contribution in [3.05, 3.63) is 29.3 Å². The van der Waals surface area contributed by atoms with Crippen LogP contribution in [0.5, 0.6) is 5.75 Å². The molecule has 0 bridgehead atoms. The van der Waals surface area contributed by atoms with Crippen LogP contribution in [0.1, 0.15) is 17.5 Å². The second-order valence-electron chi connectivity index (χ2n) is 4.28. The molecule has 1 amide bonds. The SMILES string of the molecule is COc1ccc2c(c1)CC(NC(=O)CCl)CC2. The van der Waals surface area contributed by atoms with Gasteiger partial charge in [0.15, 0.2) is 0 Å². The summed E-state index contributed by atoms with van der Waals surface area (Å²) in [5.74, 6) is 0.803. The lowest BCUT2D eigenvalue weighted by atomic mass is 9.88. The molecule has 1 N–H and O–H groups in total. The third kappa shape index (κ3) is 2.91. The van der Waals surface area contributed by atoms with E-state index >= 15 is 0 Å². The molecule has 3 nitrogen and oxygen atoms in total. The minimum Gasteiger partial charge on any atom is -0.497 e. The molecule has 4 heteroatoms. The van der Waals surface area contributed by atoms with Gasteiger partial charge in [-0.3, -0.25) is 4.79 Å². The quantitative estimate of drug-likeness (QED) is 0.836. The fraction of sp³-hybridized carbons (Fsp3) is 0.462. The molecule has 2 rings (SSSR count). The molecule has 17 heavy (non-hydrogen) atoms. The van der Waals surface area contributed by atoms with Gasteiger partial charge in [0.2, 0.25) is 5.91 Å². The largest absolute Gasteiger partial charge is 0.497 e. The van der Waals surface area contributed by atoms with Crippen LogP contribution in [-0.2, 0) is 17.6 Å². The summed E-state index contributed by atoms with van der Waals surface area (Å²) in [4.78, 5) is 11.2. The Bertz CT molecular complexity index is 420. The molecule has 1 aromatic rings. The summed E-state index contributed by atoms with van der Waals surface area (Å²) in [5.41, 5.74) is 2.61. The third-order valence-corrected chi connectivity index (χ3v) is 3.37. The van der Waals surface area contributed by atoms with E-state index in [0.717, 1.165) is 25.0 Å². The Kier molecular flexibility index (Phi) is 3.89. The zero-order chi connectivity index (χ0) is 12.3. The van der Waals surface area contributed by atoms with Crippen LogP contribution in [0.25, 0.3) is 0 Å². The first-order valence-corrected chi connectivity index (χ1v) is 6.27. The van der Waals surface area contributed by atoms with E-state index in [-0.39, 0.29) is 17.8 Å². The van der Waals surface area contributed by atoms with Crippen molar-refractivity contribution in [2.24, 2.45) is 0 Å². The minimum absolute atomic E-state index is 0.0292. The van der Waals surface area contributed by atoms with Crippen molar-refractivity contribution in [2.75, 3.05) is 13.0 Å². The van der Waals surface area contributed by atoms with Crippen LogP contribution in [0.3, 0.4) is 0 Å². The van der Waals surface area contributed by atoms with E-state index in [1.165, 1.54) is 11.1 Å². The van der Waals surface area contributed by atoms with Crippen molar-refractivity contribution in [2.45, 2.75) is 25.3 Å². The lowest BCUT2D eigenvalue weighted by molar-refractivity contribution is -0.119. The van der Waals surface area contributed by atoms with Crippen LogP contribution in [-0.4, -0.2) is 24.9 Å². The summed E-state index contributed by atoms with van der Waals surface area (Å²) in [5, 5.41) is 2.94. The topological polar surface area (TPSA) is 38.3 Å². The molecule has 0 aromatic heterocycles. The Morgan fingerprint density at radius 1 is 1.53 bits per heavy atom. The Morgan fingerprint density at radius 2 is 2.35 bits per heavy atom. The highest BCUT2D eigenvalue weighted by Crippen LogP contribution is 2.25. The van der Waals surface area contributed by atoms with Crippen molar-refractivity contribution in [1.82, 2.24) is 5.32 Å². The molecule has 0 radical (unpaired) electrons. The number of carbonyl (C=O) groups is 1. The van der Waals surface area contributed by atoms with Gasteiger partial charge in [-0.1, -0.05) is 6.07 Å². The number of ether oxygens (including phenoxy) is 1. The zero-order valence-corrected chi connectivity index (χ0v) is 10.6. The maximum atomic E-state index is 11.2. The molecule has 92 valence electrons. The first-order chi connectivity index (χ1) is 8.22. The van der Waals surface area contributed by atoms with Crippen molar-refractivity contribution in [3.8, 4) is 5.75 Å². The zero-order valence-electron chi connectivity index (χ0n) is 9.83. The van der Waals surface area contributed by atoms with Gasteiger partial charge < -0.3 is 10.1 Å². The number of methoxy groups -OCH3 is 1. The molecule has 1 aromatic carbocycles. The van der Waals surface area contributed by atoms with E-state index in [4.69, 9.17) is 16.3 Å². The van der Waals surface area contributed by atoms with Gasteiger partial charge in [-0.15, -0.1) is 11.6 Å². The second-order valence-corrected chi connectivity index (χ2v) is 4.54. The van der Waals surface area contributed by atoms with Crippen LogP contribution in [0, 0.1) is 0 Å². The molecule has 1 unspecified atom stereocenters. The van der Waals surface area contributed by atoms with Gasteiger partial charge in [-0.2, -0.15) is 0 Å². The third-order valence-electron chi connectivity index (χ3n) is 3.13. The number of fused-ring (bicyclic) bond motifs is 1. The van der Waals surface area contributed by atoms with Gasteiger partial charge in [0.05, 0.1) is 7.11 Å². The van der Waals surface area contributed by atoms with E-state index in [2.05, 4.69) is 11.4 Å². The number of amides is 1. The standard InChI is InChI=1S/C13H16ClNO2/c1-17-12-5-3-9-2-4-11(6-10(9)7-12)15-13(16)8-14/h3,5,7,11H,2,4,6,8H2,1H3,(H,15,16). The van der Waals surface area contributed by atoms with Crippen LogP contribution in [0.4, 0.5) is 0 Å². The number of benzene rings is 1. The summed E-state index contributed by atoms with van der Waals surface area (Å²) in [6.07, 6.45) is 2.82. The van der Waals surface area contributed by atoms with Crippen molar-refractivity contribution in [3.63, 3.8) is 0 Å². The number of alkyl halides is 1. The predicted octanol–water partition coefficient (Wildman–Crippen LogP) is 1.91. The Balaban J connectivity index is 2.08. The Morgan fingerprint density at radius 3 is 3.06 bits per heavy atom. The van der Waals surface area contributed by atoms with Gasteiger partial charge in [0.1, 0.15) is 11.6 Å². The number of nitrogens with one attached hydrogen (secondary N) is 1. The van der Waals surface area contributed by atoms with Crippen LogP contribution >= 0.6 is 11.6 Å². The number of halogens is 1. The first kappa shape index (κ1) is 12.2. The first-order valence-electron chi connectivity index (χ1n) is 5.74. The van der Waals surface area contributed by atoms with Crippen LogP contribution < -0.4 is 10.1 Å². The molecule has 1 atom stereocenters. The number of aryl methyl sites for hydroxylation is 1. The highest BCUT2D eigenvalue weighted by molar-refractivity contribution is 6.27. The molecule has 1 aliphatic rings. The van der Waals surface area contributed by atoms with Crippen LogP contribution in [0.15, 0.2) is 18.2 Å². The molecular formula is C13H16ClNO2. The second kappa shape index (κ2) is 5.41. The van der Waals surface area contributed by atoms with E-state index in [0.29, 0.717) is 0 Å². The number of carbonyl (C=O) groups excluding carboxylic acids is 1. The molecular weight excluding hydrogens is 238 g/mol. The fourth-order valence-corrected chi connectivity index (χ4v) is 2.33. The van der Waals surface area contributed by atoms with Crippen molar-refractivity contribution in [1.29, 1.82) is 0 Å². The summed E-state index contributed by atoms with van der Waals surface area (Å²) in [6, 6.07) is 6.33. The monoisotopic (exact) mass is 253 g/mol. The van der Waals surface area contributed by atoms with Gasteiger partial charge in [0.25, 0.3) is 0 Å². The molecule has 0 fully saturated rings. The van der Waals surface area contributed by atoms with E-state index < -0.39 is 0 Å². The van der Waals surface area contributed by atoms with Crippen LogP contribution in [0.2, 0.25) is 0 Å². The van der Waals surface area contributed by atoms with Gasteiger partial charge in [-0.05, 0) is 42.5 Å². The molecule has 0 spiro atoms. The maximum Gasteiger partial charge on any atom is 0.235 e. The van der Waals surface area contributed by atoms with E-state index in [1.807, 2.05) is 12.1 Å². The summed E-state index contributed by atoms with van der Waals surface area (Å²) < 4.78 is 5.21.